The first-order valence-corrected chi connectivity index (χ1v) is 7.38. The highest BCUT2D eigenvalue weighted by molar-refractivity contribution is 7.99. The van der Waals surface area contributed by atoms with Crippen molar-refractivity contribution in [3.05, 3.63) is 0 Å². The number of likely N-dealkylation sites (N-methyl/N-ethyl adjacent to an activating group) is 1. The summed E-state index contributed by atoms with van der Waals surface area (Å²) in [5.74, 6) is 1.24. The Labute approximate surface area is 107 Å². The first kappa shape index (κ1) is 14.8. The molecule has 1 fully saturated rings. The minimum absolute atomic E-state index is 0.315. The van der Waals surface area contributed by atoms with Crippen LogP contribution in [0.25, 0.3) is 0 Å². The molecule has 1 atom stereocenters. The van der Waals surface area contributed by atoms with Crippen LogP contribution in [-0.2, 0) is 9.53 Å². The van der Waals surface area contributed by atoms with E-state index in [1.165, 1.54) is 0 Å². The Hall–Kier alpha value is -0.260. The zero-order chi connectivity index (χ0) is 12.7. The van der Waals surface area contributed by atoms with Crippen LogP contribution in [0.2, 0.25) is 0 Å². The second kappa shape index (κ2) is 7.24. The Balaban J connectivity index is 2.42. The van der Waals surface area contributed by atoms with E-state index in [0.717, 1.165) is 31.6 Å². The number of nitrogens with one attached hydrogen (secondary N) is 1. The highest BCUT2D eigenvalue weighted by Gasteiger charge is 2.50. The van der Waals surface area contributed by atoms with Crippen molar-refractivity contribution in [1.82, 2.24) is 5.32 Å². The lowest BCUT2D eigenvalue weighted by Gasteiger charge is -2.30. The molecule has 1 aliphatic rings. The summed E-state index contributed by atoms with van der Waals surface area (Å²) in [5.41, 5.74) is -0.702. The summed E-state index contributed by atoms with van der Waals surface area (Å²) in [6.45, 7) is 3.43. The largest absolute Gasteiger partial charge is 0.480 e. The molecular weight excluding hydrogens is 238 g/mol. The maximum atomic E-state index is 11.5. The number of rotatable bonds is 10. The van der Waals surface area contributed by atoms with Crippen molar-refractivity contribution in [2.45, 2.75) is 31.7 Å². The van der Waals surface area contributed by atoms with Gasteiger partial charge in [0.1, 0.15) is 5.54 Å². The van der Waals surface area contributed by atoms with E-state index in [2.05, 4.69) is 5.32 Å². The monoisotopic (exact) mass is 261 g/mol. The fourth-order valence-electron chi connectivity index (χ4n) is 2.06. The van der Waals surface area contributed by atoms with Gasteiger partial charge in [-0.05, 0) is 37.5 Å². The fourth-order valence-corrected chi connectivity index (χ4v) is 3.30. The molecular formula is C12H23NO3S. The van der Waals surface area contributed by atoms with Gasteiger partial charge in [-0.25, -0.2) is 0 Å². The normalized spacial score (nSPS) is 18.9. The molecule has 0 bridgehead atoms. The topological polar surface area (TPSA) is 58.6 Å². The number of carboxylic acids is 1. The summed E-state index contributed by atoms with van der Waals surface area (Å²) in [7, 11) is 1.69. The number of hydrogen-bond acceptors (Lipinski definition) is 4. The third-order valence-corrected chi connectivity index (χ3v) is 4.35. The van der Waals surface area contributed by atoms with E-state index in [1.807, 2.05) is 6.92 Å². The summed E-state index contributed by atoms with van der Waals surface area (Å²) < 4.78 is 4.98. The van der Waals surface area contributed by atoms with E-state index < -0.39 is 11.5 Å². The standard InChI is InChI=1S/C12H23NO3S/c1-3-13-12(11(14)15,10-5-6-10)9-17-8-4-7-16-2/h10,13H,3-9H2,1-2H3,(H,14,15). The van der Waals surface area contributed by atoms with Crippen molar-refractivity contribution >= 4 is 17.7 Å². The summed E-state index contributed by atoms with van der Waals surface area (Å²) >= 11 is 1.71. The molecule has 0 aromatic heterocycles. The van der Waals surface area contributed by atoms with Crippen LogP contribution in [0, 0.1) is 5.92 Å². The van der Waals surface area contributed by atoms with Crippen molar-refractivity contribution in [2.24, 2.45) is 5.92 Å². The Bertz CT molecular complexity index is 246. The van der Waals surface area contributed by atoms with E-state index in [4.69, 9.17) is 4.74 Å². The average molecular weight is 261 g/mol. The predicted octanol–water partition coefficient (Wildman–Crippen LogP) is 1.60. The zero-order valence-corrected chi connectivity index (χ0v) is 11.5. The van der Waals surface area contributed by atoms with Gasteiger partial charge in [0.15, 0.2) is 0 Å². The number of aliphatic carboxylic acids is 1. The second-order valence-electron chi connectivity index (χ2n) is 4.48. The Morgan fingerprint density at radius 1 is 1.59 bits per heavy atom. The third-order valence-electron chi connectivity index (χ3n) is 3.12. The van der Waals surface area contributed by atoms with E-state index >= 15 is 0 Å². The SMILES string of the molecule is CCNC(CSCCCOC)(C(=O)O)C1CC1. The van der Waals surface area contributed by atoms with Gasteiger partial charge in [-0.3, -0.25) is 4.79 Å². The number of carbonyl (C=O) groups is 1. The van der Waals surface area contributed by atoms with E-state index in [0.29, 0.717) is 18.2 Å². The summed E-state index contributed by atoms with van der Waals surface area (Å²) in [5, 5.41) is 12.7. The van der Waals surface area contributed by atoms with Gasteiger partial charge in [-0.15, -0.1) is 0 Å². The van der Waals surface area contributed by atoms with Crippen LogP contribution in [0.1, 0.15) is 26.2 Å². The molecule has 0 spiro atoms. The van der Waals surface area contributed by atoms with E-state index in [-0.39, 0.29) is 0 Å². The molecule has 5 heteroatoms. The molecule has 1 aliphatic carbocycles. The molecule has 0 aromatic rings. The smallest absolute Gasteiger partial charge is 0.325 e. The maximum absolute atomic E-state index is 11.5. The van der Waals surface area contributed by atoms with Gasteiger partial charge in [0.05, 0.1) is 0 Å². The highest BCUT2D eigenvalue weighted by atomic mass is 32.2. The first-order chi connectivity index (χ1) is 8.17. The van der Waals surface area contributed by atoms with Crippen LogP contribution in [0.4, 0.5) is 0 Å². The number of methoxy groups -OCH3 is 1. The van der Waals surface area contributed by atoms with Crippen molar-refractivity contribution in [1.29, 1.82) is 0 Å². The molecule has 0 aromatic carbocycles. The molecule has 2 N–H and O–H groups in total. The molecule has 1 saturated carbocycles. The van der Waals surface area contributed by atoms with Crippen molar-refractivity contribution in [3.63, 3.8) is 0 Å². The number of thioether (sulfide) groups is 1. The van der Waals surface area contributed by atoms with Gasteiger partial charge < -0.3 is 15.2 Å². The number of carboxylic acid groups (broad SMARTS) is 1. The number of ether oxygens (including phenoxy) is 1. The minimum atomic E-state index is -0.702. The van der Waals surface area contributed by atoms with Crippen LogP contribution >= 0.6 is 11.8 Å². The molecule has 0 heterocycles. The first-order valence-electron chi connectivity index (χ1n) is 6.22. The zero-order valence-electron chi connectivity index (χ0n) is 10.7. The lowest BCUT2D eigenvalue weighted by Crippen LogP contribution is -2.56. The highest BCUT2D eigenvalue weighted by Crippen LogP contribution is 2.41. The van der Waals surface area contributed by atoms with Gasteiger partial charge in [0, 0.05) is 19.5 Å². The molecule has 100 valence electrons. The van der Waals surface area contributed by atoms with Gasteiger partial charge in [0.2, 0.25) is 0 Å². The number of hydrogen-bond donors (Lipinski definition) is 2. The molecule has 0 amide bonds. The Morgan fingerprint density at radius 3 is 2.76 bits per heavy atom. The van der Waals surface area contributed by atoms with Crippen LogP contribution in [-0.4, -0.2) is 48.4 Å². The quantitative estimate of drug-likeness (QED) is 0.585. The van der Waals surface area contributed by atoms with Crippen molar-refractivity contribution in [3.8, 4) is 0 Å². The third kappa shape index (κ3) is 4.16. The van der Waals surface area contributed by atoms with Crippen LogP contribution in [0.15, 0.2) is 0 Å². The summed E-state index contributed by atoms with van der Waals surface area (Å²) in [6, 6.07) is 0. The van der Waals surface area contributed by atoms with Crippen LogP contribution < -0.4 is 5.32 Å². The molecule has 17 heavy (non-hydrogen) atoms. The lowest BCUT2D eigenvalue weighted by atomic mass is 9.96. The average Bonchev–Trinajstić information content (AvgIpc) is 3.11. The van der Waals surface area contributed by atoms with Gasteiger partial charge in [-0.2, -0.15) is 11.8 Å². The van der Waals surface area contributed by atoms with Gasteiger partial charge >= 0.3 is 5.97 Å². The van der Waals surface area contributed by atoms with Crippen LogP contribution in [0.5, 0.6) is 0 Å². The van der Waals surface area contributed by atoms with E-state index in [1.54, 1.807) is 18.9 Å². The fraction of sp³-hybridized carbons (Fsp3) is 0.917. The Morgan fingerprint density at radius 2 is 2.29 bits per heavy atom. The van der Waals surface area contributed by atoms with Crippen molar-refractivity contribution < 1.29 is 14.6 Å². The Kier molecular flexibility index (Phi) is 6.30. The van der Waals surface area contributed by atoms with E-state index in [9.17, 15) is 9.90 Å². The predicted molar refractivity (Wildman–Crippen MR) is 70.6 cm³/mol. The van der Waals surface area contributed by atoms with Gasteiger partial charge in [-0.1, -0.05) is 6.92 Å². The van der Waals surface area contributed by atoms with Crippen LogP contribution in [0.3, 0.4) is 0 Å². The lowest BCUT2D eigenvalue weighted by molar-refractivity contribution is -0.144. The molecule has 1 unspecified atom stereocenters. The maximum Gasteiger partial charge on any atom is 0.325 e. The minimum Gasteiger partial charge on any atom is -0.480 e. The summed E-state index contributed by atoms with van der Waals surface area (Å²) in [4.78, 5) is 11.5. The molecule has 0 aliphatic heterocycles. The molecule has 1 rings (SSSR count). The molecule has 4 nitrogen and oxygen atoms in total. The molecule has 0 radical (unpaired) electrons. The second-order valence-corrected chi connectivity index (χ2v) is 5.59. The van der Waals surface area contributed by atoms with Gasteiger partial charge in [0.25, 0.3) is 0 Å². The molecule has 0 saturated heterocycles. The van der Waals surface area contributed by atoms with Crippen molar-refractivity contribution in [2.75, 3.05) is 31.8 Å². The summed E-state index contributed by atoms with van der Waals surface area (Å²) in [6.07, 6.45) is 3.06.